The number of nitrogens with one attached hydrogen (secondary N) is 1. The molecule has 4 nitrogen and oxygen atoms in total. The zero-order valence-corrected chi connectivity index (χ0v) is 12.2. The van der Waals surface area contributed by atoms with Gasteiger partial charge in [-0.15, -0.1) is 0 Å². The van der Waals surface area contributed by atoms with E-state index in [1.807, 2.05) is 24.4 Å². The second-order valence-corrected chi connectivity index (χ2v) is 5.44. The van der Waals surface area contributed by atoms with Crippen LogP contribution >= 0.6 is 0 Å². The summed E-state index contributed by atoms with van der Waals surface area (Å²) in [5.74, 6) is 1.63. The van der Waals surface area contributed by atoms with E-state index in [2.05, 4.69) is 33.9 Å². The van der Waals surface area contributed by atoms with Crippen LogP contribution in [-0.2, 0) is 0 Å². The zero-order chi connectivity index (χ0) is 13.5. The monoisotopic (exact) mass is 262 g/mol. The predicted molar refractivity (Wildman–Crippen MR) is 80.4 cm³/mol. The van der Waals surface area contributed by atoms with Crippen molar-refractivity contribution in [2.75, 3.05) is 51.1 Å². The van der Waals surface area contributed by atoms with Crippen molar-refractivity contribution >= 4 is 5.82 Å². The quantitative estimate of drug-likeness (QED) is 0.846. The molecule has 0 aromatic carbocycles. The van der Waals surface area contributed by atoms with Crippen LogP contribution in [0.1, 0.15) is 13.8 Å². The Hall–Kier alpha value is -1.13. The van der Waals surface area contributed by atoms with Crippen molar-refractivity contribution in [3.8, 4) is 0 Å². The van der Waals surface area contributed by atoms with Crippen molar-refractivity contribution < 1.29 is 0 Å². The molecule has 1 N–H and O–H groups in total. The maximum Gasteiger partial charge on any atom is 0.125 e. The molecule has 2 heterocycles. The molecule has 0 aliphatic carbocycles. The lowest BCUT2D eigenvalue weighted by atomic mass is 10.1. The lowest BCUT2D eigenvalue weighted by molar-refractivity contribution is 0.126. The lowest BCUT2D eigenvalue weighted by Gasteiger charge is -2.35. The number of hydrogen-bond acceptors (Lipinski definition) is 4. The van der Waals surface area contributed by atoms with E-state index in [1.165, 1.54) is 39.3 Å². The molecular weight excluding hydrogens is 236 g/mol. The number of anilines is 1. The van der Waals surface area contributed by atoms with Crippen LogP contribution in [0.5, 0.6) is 0 Å². The first kappa shape index (κ1) is 14.3. The van der Waals surface area contributed by atoms with E-state index in [-0.39, 0.29) is 0 Å². The molecule has 106 valence electrons. The summed E-state index contributed by atoms with van der Waals surface area (Å²) in [7, 11) is 0. The molecule has 0 amide bonds. The minimum atomic E-state index is 0.648. The average Bonchev–Trinajstić information content (AvgIpc) is 2.47. The predicted octanol–water partition coefficient (Wildman–Crippen LogP) is 1.77. The summed E-state index contributed by atoms with van der Waals surface area (Å²) in [5, 5.41) is 3.41. The van der Waals surface area contributed by atoms with Gasteiger partial charge >= 0.3 is 0 Å². The van der Waals surface area contributed by atoms with Gasteiger partial charge in [-0.25, -0.2) is 4.98 Å². The first-order valence-electron chi connectivity index (χ1n) is 7.37. The van der Waals surface area contributed by atoms with E-state index < -0.39 is 0 Å². The van der Waals surface area contributed by atoms with E-state index in [1.54, 1.807) is 0 Å². The molecule has 1 aromatic heterocycles. The van der Waals surface area contributed by atoms with E-state index in [4.69, 9.17) is 0 Å². The molecule has 0 radical (unpaired) electrons. The smallest absolute Gasteiger partial charge is 0.125 e. The number of hydrogen-bond donors (Lipinski definition) is 1. The Balaban J connectivity index is 1.66. The van der Waals surface area contributed by atoms with Crippen molar-refractivity contribution in [3.05, 3.63) is 24.4 Å². The first-order valence-corrected chi connectivity index (χ1v) is 7.37. The van der Waals surface area contributed by atoms with E-state index in [0.717, 1.165) is 12.4 Å². The Labute approximate surface area is 116 Å². The normalized spacial score (nSPS) is 19.3. The molecule has 1 atom stereocenters. The molecule has 1 unspecified atom stereocenters. The number of rotatable bonds is 6. The first-order chi connectivity index (χ1) is 9.28. The highest BCUT2D eigenvalue weighted by molar-refractivity contribution is 5.32. The van der Waals surface area contributed by atoms with E-state index in [9.17, 15) is 0 Å². The van der Waals surface area contributed by atoms with Crippen LogP contribution in [0.2, 0.25) is 0 Å². The molecule has 1 fully saturated rings. The van der Waals surface area contributed by atoms with Gasteiger partial charge < -0.3 is 15.1 Å². The van der Waals surface area contributed by atoms with Gasteiger partial charge in [-0.2, -0.15) is 0 Å². The number of piperazine rings is 1. The molecule has 1 aliphatic heterocycles. The van der Waals surface area contributed by atoms with Crippen LogP contribution in [0.3, 0.4) is 0 Å². The van der Waals surface area contributed by atoms with Crippen LogP contribution < -0.4 is 5.32 Å². The standard InChI is InChI=1S/C15H26N4/c1-3-18-8-10-19(11-9-18)13-14(2)12-17-15-6-4-5-7-16-15/h4-7,14H,3,8-13H2,1-2H3,(H,16,17). The van der Waals surface area contributed by atoms with Gasteiger partial charge in [0.15, 0.2) is 0 Å². The third-order valence-corrected chi connectivity index (χ3v) is 3.78. The van der Waals surface area contributed by atoms with Crippen LogP contribution in [0.15, 0.2) is 24.4 Å². The summed E-state index contributed by atoms with van der Waals surface area (Å²) in [6, 6.07) is 5.98. The average molecular weight is 262 g/mol. The van der Waals surface area contributed by atoms with Crippen LogP contribution in [0.4, 0.5) is 5.82 Å². The number of aromatic nitrogens is 1. The SMILES string of the molecule is CCN1CCN(CC(C)CNc2ccccn2)CC1. The van der Waals surface area contributed by atoms with E-state index >= 15 is 0 Å². The molecule has 0 bridgehead atoms. The molecule has 2 rings (SSSR count). The molecule has 19 heavy (non-hydrogen) atoms. The van der Waals surface area contributed by atoms with E-state index in [0.29, 0.717) is 5.92 Å². The summed E-state index contributed by atoms with van der Waals surface area (Å²) in [5.41, 5.74) is 0. The Morgan fingerprint density at radius 2 is 1.95 bits per heavy atom. The molecule has 0 saturated carbocycles. The summed E-state index contributed by atoms with van der Waals surface area (Å²) in [4.78, 5) is 9.39. The zero-order valence-electron chi connectivity index (χ0n) is 12.2. The highest BCUT2D eigenvalue weighted by Gasteiger charge is 2.17. The Bertz CT molecular complexity index is 346. The van der Waals surface area contributed by atoms with Gasteiger partial charge in [0.1, 0.15) is 5.82 Å². The fourth-order valence-electron chi connectivity index (χ4n) is 2.54. The molecule has 1 aliphatic rings. The second-order valence-electron chi connectivity index (χ2n) is 5.44. The topological polar surface area (TPSA) is 31.4 Å². The van der Waals surface area contributed by atoms with Crippen molar-refractivity contribution in [1.82, 2.24) is 14.8 Å². The van der Waals surface area contributed by atoms with Gasteiger partial charge in [0.2, 0.25) is 0 Å². The Kier molecular flexibility index (Phi) is 5.61. The number of pyridine rings is 1. The van der Waals surface area contributed by atoms with Crippen molar-refractivity contribution in [3.63, 3.8) is 0 Å². The van der Waals surface area contributed by atoms with Gasteiger partial charge in [0, 0.05) is 45.5 Å². The summed E-state index contributed by atoms with van der Waals surface area (Å²) in [6.45, 7) is 12.8. The minimum Gasteiger partial charge on any atom is -0.370 e. The van der Waals surface area contributed by atoms with Gasteiger partial charge in [0.25, 0.3) is 0 Å². The molecular formula is C15H26N4. The van der Waals surface area contributed by atoms with Crippen molar-refractivity contribution in [2.45, 2.75) is 13.8 Å². The third-order valence-electron chi connectivity index (χ3n) is 3.78. The van der Waals surface area contributed by atoms with Gasteiger partial charge in [-0.3, -0.25) is 0 Å². The summed E-state index contributed by atoms with van der Waals surface area (Å²) < 4.78 is 0. The fourth-order valence-corrected chi connectivity index (χ4v) is 2.54. The maximum absolute atomic E-state index is 4.29. The minimum absolute atomic E-state index is 0.648. The van der Waals surface area contributed by atoms with Gasteiger partial charge in [-0.05, 0) is 24.6 Å². The molecule has 1 aromatic rings. The largest absolute Gasteiger partial charge is 0.370 e. The van der Waals surface area contributed by atoms with Crippen LogP contribution in [-0.4, -0.2) is 60.6 Å². The lowest BCUT2D eigenvalue weighted by Crippen LogP contribution is -2.47. The molecule has 1 saturated heterocycles. The summed E-state index contributed by atoms with van der Waals surface area (Å²) >= 11 is 0. The van der Waals surface area contributed by atoms with Crippen molar-refractivity contribution in [1.29, 1.82) is 0 Å². The van der Waals surface area contributed by atoms with Gasteiger partial charge in [-0.1, -0.05) is 19.9 Å². The Morgan fingerprint density at radius 1 is 1.21 bits per heavy atom. The highest BCUT2D eigenvalue weighted by Crippen LogP contribution is 2.07. The third kappa shape index (κ3) is 4.80. The Morgan fingerprint density at radius 3 is 2.58 bits per heavy atom. The highest BCUT2D eigenvalue weighted by atomic mass is 15.3. The molecule has 0 spiro atoms. The van der Waals surface area contributed by atoms with Crippen LogP contribution in [0, 0.1) is 5.92 Å². The van der Waals surface area contributed by atoms with Gasteiger partial charge in [0.05, 0.1) is 0 Å². The molecule has 4 heteroatoms. The summed E-state index contributed by atoms with van der Waals surface area (Å²) in [6.07, 6.45) is 1.83. The second kappa shape index (κ2) is 7.46. The van der Waals surface area contributed by atoms with Crippen LogP contribution in [0.25, 0.3) is 0 Å². The van der Waals surface area contributed by atoms with Crippen molar-refractivity contribution in [2.24, 2.45) is 5.92 Å². The number of nitrogens with zero attached hydrogens (tertiary/aromatic N) is 3. The maximum atomic E-state index is 4.29. The fraction of sp³-hybridized carbons (Fsp3) is 0.667. The number of likely N-dealkylation sites (N-methyl/N-ethyl adjacent to an activating group) is 1.